The van der Waals surface area contributed by atoms with E-state index in [-0.39, 0.29) is 13.1 Å². The SMILES string of the molecule is CC(=O)C(C)(O)C(=O)N(Cc1ccccc1)C(=O)N(C)NC(=O)[C@@H]1CCCN1C(=O)[C@H](C)NC(=O)[C@H](C)N. The molecule has 1 aromatic carbocycles. The Morgan fingerprint density at radius 1 is 1.16 bits per heavy atom. The van der Waals surface area contributed by atoms with Crippen molar-refractivity contribution in [3.8, 4) is 0 Å². The molecule has 0 aliphatic carbocycles. The molecule has 2 rings (SSSR count). The van der Waals surface area contributed by atoms with Crippen molar-refractivity contribution >= 4 is 35.4 Å². The third-order valence-corrected chi connectivity index (χ3v) is 6.31. The fourth-order valence-electron chi connectivity index (χ4n) is 3.83. The summed E-state index contributed by atoms with van der Waals surface area (Å²) in [6.07, 6.45) is 0.842. The third-order valence-electron chi connectivity index (χ3n) is 6.31. The highest BCUT2D eigenvalue weighted by Crippen LogP contribution is 2.20. The molecule has 1 aliphatic rings. The molecule has 1 saturated heterocycles. The number of hydrazine groups is 1. The Morgan fingerprint density at radius 2 is 1.76 bits per heavy atom. The monoisotopic (exact) mass is 532 g/mol. The summed E-state index contributed by atoms with van der Waals surface area (Å²) < 4.78 is 0. The predicted molar refractivity (Wildman–Crippen MR) is 136 cm³/mol. The second-order valence-electron chi connectivity index (χ2n) is 9.53. The Labute approximate surface area is 221 Å². The molecule has 0 bridgehead atoms. The maximum absolute atomic E-state index is 13.3. The molecule has 0 radical (unpaired) electrons. The summed E-state index contributed by atoms with van der Waals surface area (Å²) in [5.41, 5.74) is 6.00. The highest BCUT2D eigenvalue weighted by atomic mass is 16.3. The van der Waals surface area contributed by atoms with Crippen LogP contribution in [0.25, 0.3) is 0 Å². The van der Waals surface area contributed by atoms with E-state index in [0.29, 0.717) is 23.3 Å². The van der Waals surface area contributed by atoms with Gasteiger partial charge in [-0.15, -0.1) is 0 Å². The normalized spacial score (nSPS) is 18.0. The summed E-state index contributed by atoms with van der Waals surface area (Å²) in [6, 6.07) is 4.79. The first-order chi connectivity index (χ1) is 17.7. The Balaban J connectivity index is 2.18. The smallest absolute Gasteiger partial charge is 0.345 e. The van der Waals surface area contributed by atoms with Gasteiger partial charge in [0.25, 0.3) is 11.8 Å². The fourth-order valence-corrected chi connectivity index (χ4v) is 3.83. The van der Waals surface area contributed by atoms with E-state index in [1.807, 2.05) is 0 Å². The number of amides is 6. The summed E-state index contributed by atoms with van der Waals surface area (Å²) in [5, 5.41) is 13.7. The molecule has 1 heterocycles. The number of Topliss-reactive ketones (excluding diaryl/α,β-unsaturated/α-hetero) is 1. The molecule has 6 amide bonds. The Kier molecular flexibility index (Phi) is 10.1. The number of benzene rings is 1. The number of rotatable bonds is 8. The van der Waals surface area contributed by atoms with Crippen molar-refractivity contribution in [2.45, 2.75) is 70.8 Å². The number of nitrogens with one attached hydrogen (secondary N) is 2. The summed E-state index contributed by atoms with van der Waals surface area (Å²) in [4.78, 5) is 78.1. The van der Waals surface area contributed by atoms with Crippen LogP contribution in [-0.2, 0) is 30.5 Å². The number of ketones is 1. The molecule has 208 valence electrons. The van der Waals surface area contributed by atoms with Gasteiger partial charge >= 0.3 is 6.03 Å². The van der Waals surface area contributed by atoms with E-state index in [1.165, 1.54) is 25.8 Å². The lowest BCUT2D eigenvalue weighted by Crippen LogP contribution is -2.60. The molecular weight excluding hydrogens is 496 g/mol. The molecule has 1 unspecified atom stereocenters. The number of urea groups is 1. The van der Waals surface area contributed by atoms with Crippen LogP contribution in [0.1, 0.15) is 46.1 Å². The van der Waals surface area contributed by atoms with Crippen molar-refractivity contribution in [1.82, 2.24) is 25.6 Å². The quantitative estimate of drug-likeness (QED) is 0.250. The van der Waals surface area contributed by atoms with Gasteiger partial charge in [0.15, 0.2) is 11.4 Å². The Bertz CT molecular complexity index is 1080. The summed E-state index contributed by atoms with van der Waals surface area (Å²) in [6.45, 7) is 4.99. The predicted octanol–water partition coefficient (Wildman–Crippen LogP) is -0.719. The van der Waals surface area contributed by atoms with E-state index in [2.05, 4.69) is 10.7 Å². The number of carbonyl (C=O) groups is 6. The van der Waals surface area contributed by atoms with E-state index < -0.39 is 59.2 Å². The van der Waals surface area contributed by atoms with Crippen LogP contribution < -0.4 is 16.5 Å². The van der Waals surface area contributed by atoms with Gasteiger partial charge in [0.1, 0.15) is 12.1 Å². The Hall–Kier alpha value is -3.84. The van der Waals surface area contributed by atoms with Gasteiger partial charge in [-0.2, -0.15) is 0 Å². The van der Waals surface area contributed by atoms with Crippen LogP contribution in [-0.4, -0.2) is 92.7 Å². The zero-order valence-electron chi connectivity index (χ0n) is 22.3. The molecule has 13 nitrogen and oxygen atoms in total. The summed E-state index contributed by atoms with van der Waals surface area (Å²) in [5.74, 6) is -3.69. The Morgan fingerprint density at radius 3 is 2.32 bits per heavy atom. The minimum atomic E-state index is -2.47. The number of nitrogens with zero attached hydrogens (tertiary/aromatic N) is 3. The van der Waals surface area contributed by atoms with Crippen molar-refractivity contribution in [2.75, 3.05) is 13.6 Å². The van der Waals surface area contributed by atoms with Crippen LogP contribution in [0.4, 0.5) is 4.79 Å². The van der Waals surface area contributed by atoms with Crippen LogP contribution in [0.3, 0.4) is 0 Å². The molecule has 0 aromatic heterocycles. The van der Waals surface area contributed by atoms with Gasteiger partial charge in [0, 0.05) is 13.6 Å². The molecule has 13 heteroatoms. The average molecular weight is 533 g/mol. The minimum absolute atomic E-state index is 0.271. The van der Waals surface area contributed by atoms with Crippen molar-refractivity contribution in [3.05, 3.63) is 35.9 Å². The summed E-state index contributed by atoms with van der Waals surface area (Å²) in [7, 11) is 1.21. The number of likely N-dealkylation sites (tertiary alicyclic amines) is 1. The lowest BCUT2D eigenvalue weighted by molar-refractivity contribution is -0.155. The number of nitrogens with two attached hydrogens (primary N) is 1. The molecule has 1 aliphatic heterocycles. The number of hydrogen-bond donors (Lipinski definition) is 4. The third kappa shape index (κ3) is 7.13. The molecule has 4 atom stereocenters. The highest BCUT2D eigenvalue weighted by molar-refractivity contribution is 6.12. The molecule has 1 fully saturated rings. The van der Waals surface area contributed by atoms with Crippen molar-refractivity contribution in [3.63, 3.8) is 0 Å². The van der Waals surface area contributed by atoms with E-state index in [9.17, 15) is 33.9 Å². The first kappa shape index (κ1) is 30.4. The van der Waals surface area contributed by atoms with Gasteiger partial charge in [-0.3, -0.25) is 34.3 Å². The molecule has 1 aromatic rings. The lowest BCUT2D eigenvalue weighted by Gasteiger charge is -2.32. The highest BCUT2D eigenvalue weighted by Gasteiger charge is 2.43. The molecule has 5 N–H and O–H groups in total. The number of imide groups is 1. The van der Waals surface area contributed by atoms with Gasteiger partial charge < -0.3 is 21.1 Å². The van der Waals surface area contributed by atoms with Gasteiger partial charge in [-0.1, -0.05) is 30.3 Å². The van der Waals surface area contributed by atoms with Gasteiger partial charge in [0.05, 0.1) is 12.6 Å². The van der Waals surface area contributed by atoms with Crippen LogP contribution >= 0.6 is 0 Å². The topological polar surface area (TPSA) is 182 Å². The van der Waals surface area contributed by atoms with Gasteiger partial charge in [0.2, 0.25) is 11.8 Å². The second kappa shape index (κ2) is 12.6. The maximum Gasteiger partial charge on any atom is 0.345 e. The standard InChI is InChI=1S/C25H36N6O7/c1-15(26)20(33)27-16(2)22(35)30-13-9-12-19(30)21(34)28-29(5)24(37)31(14-18-10-7-6-8-11-18)23(36)25(4,38)17(3)32/h6-8,10-11,15-16,19,38H,9,12-14,26H2,1-5H3,(H,27,33)(H,28,34)/t15-,16-,19-,25?/m0/s1. The van der Waals surface area contributed by atoms with Crippen molar-refractivity contribution in [2.24, 2.45) is 5.73 Å². The lowest BCUT2D eigenvalue weighted by atomic mass is 10.00. The first-order valence-corrected chi connectivity index (χ1v) is 12.2. The zero-order valence-corrected chi connectivity index (χ0v) is 22.3. The molecular formula is C25H36N6O7. The number of aliphatic hydroxyl groups is 1. The van der Waals surface area contributed by atoms with Crippen LogP contribution in [0.5, 0.6) is 0 Å². The molecule has 0 spiro atoms. The van der Waals surface area contributed by atoms with Gasteiger partial charge in [-0.05, 0) is 46.1 Å². The first-order valence-electron chi connectivity index (χ1n) is 12.2. The van der Waals surface area contributed by atoms with Crippen LogP contribution in [0.15, 0.2) is 30.3 Å². The number of hydrogen-bond acceptors (Lipinski definition) is 8. The van der Waals surface area contributed by atoms with E-state index in [4.69, 9.17) is 5.73 Å². The maximum atomic E-state index is 13.3. The number of carbonyl (C=O) groups excluding carboxylic acids is 6. The minimum Gasteiger partial charge on any atom is -0.373 e. The van der Waals surface area contributed by atoms with Crippen molar-refractivity contribution < 1.29 is 33.9 Å². The van der Waals surface area contributed by atoms with Crippen LogP contribution in [0, 0.1) is 0 Å². The van der Waals surface area contributed by atoms with E-state index >= 15 is 0 Å². The van der Waals surface area contributed by atoms with E-state index in [0.717, 1.165) is 18.9 Å². The zero-order chi connectivity index (χ0) is 28.8. The largest absolute Gasteiger partial charge is 0.373 e. The second-order valence-corrected chi connectivity index (χ2v) is 9.53. The molecule has 0 saturated carbocycles. The fraction of sp³-hybridized carbons (Fsp3) is 0.520. The molecule has 38 heavy (non-hydrogen) atoms. The average Bonchev–Trinajstić information content (AvgIpc) is 3.36. The summed E-state index contributed by atoms with van der Waals surface area (Å²) >= 11 is 0. The van der Waals surface area contributed by atoms with Crippen LogP contribution in [0.2, 0.25) is 0 Å². The van der Waals surface area contributed by atoms with Gasteiger partial charge in [-0.25, -0.2) is 9.80 Å². The van der Waals surface area contributed by atoms with E-state index in [1.54, 1.807) is 30.3 Å². The van der Waals surface area contributed by atoms with Crippen molar-refractivity contribution in [1.29, 1.82) is 0 Å².